The summed E-state index contributed by atoms with van der Waals surface area (Å²) in [4.78, 5) is 19.1. The topological polar surface area (TPSA) is 59.2 Å². The van der Waals surface area contributed by atoms with Gasteiger partial charge in [-0.05, 0) is 25.7 Å². The van der Waals surface area contributed by atoms with E-state index in [9.17, 15) is 4.79 Å². The minimum atomic E-state index is -0.0676. The lowest BCUT2D eigenvalue weighted by Crippen LogP contribution is -2.38. The predicted octanol–water partition coefficient (Wildman–Crippen LogP) is 4.01. The van der Waals surface area contributed by atoms with E-state index in [1.165, 1.54) is 0 Å². The van der Waals surface area contributed by atoms with Crippen molar-refractivity contribution in [3.8, 4) is 0 Å². The van der Waals surface area contributed by atoms with Gasteiger partial charge in [0.05, 0.1) is 11.7 Å². The lowest BCUT2D eigenvalue weighted by atomic mass is 10.0. The van der Waals surface area contributed by atoms with Gasteiger partial charge in [-0.2, -0.15) is 0 Å². The van der Waals surface area contributed by atoms with E-state index in [-0.39, 0.29) is 11.9 Å². The van der Waals surface area contributed by atoms with Crippen LogP contribution in [0.3, 0.4) is 0 Å². The second-order valence-electron chi connectivity index (χ2n) is 5.81. The lowest BCUT2D eigenvalue weighted by molar-refractivity contribution is 0.0569. The minimum absolute atomic E-state index is 0.0676. The summed E-state index contributed by atoms with van der Waals surface area (Å²) in [7, 11) is 0. The van der Waals surface area contributed by atoms with Gasteiger partial charge in [-0.1, -0.05) is 19.0 Å². The average molecular weight is 319 g/mol. The molecular weight excluding hydrogens is 298 g/mol. The van der Waals surface area contributed by atoms with Gasteiger partial charge in [0, 0.05) is 30.1 Å². The molecular formula is C16H21N3O2S. The fraction of sp³-hybridized carbons (Fsp3) is 0.562. The molecule has 0 aliphatic carbocycles. The van der Waals surface area contributed by atoms with E-state index in [1.807, 2.05) is 10.3 Å². The first-order valence-corrected chi connectivity index (χ1v) is 8.75. The molecule has 0 radical (unpaired) electrons. The molecule has 1 amide bonds. The molecule has 118 valence electrons. The minimum Gasteiger partial charge on any atom is -0.351 e. The van der Waals surface area contributed by atoms with Crippen LogP contribution in [0, 0.1) is 0 Å². The van der Waals surface area contributed by atoms with Gasteiger partial charge in [0.15, 0.2) is 0 Å². The maximum atomic E-state index is 12.8. The predicted molar refractivity (Wildman–Crippen MR) is 85.0 cm³/mol. The zero-order chi connectivity index (χ0) is 15.5. The van der Waals surface area contributed by atoms with E-state index in [0.29, 0.717) is 11.7 Å². The Morgan fingerprint density at radius 2 is 2.41 bits per heavy atom. The summed E-state index contributed by atoms with van der Waals surface area (Å²) >= 11 is 1.61. The van der Waals surface area contributed by atoms with E-state index in [1.54, 1.807) is 23.6 Å². The van der Waals surface area contributed by atoms with Crippen LogP contribution in [0.15, 0.2) is 22.2 Å². The van der Waals surface area contributed by atoms with Gasteiger partial charge < -0.3 is 9.42 Å². The summed E-state index contributed by atoms with van der Waals surface area (Å²) in [5, 5.41) is 7.02. The van der Waals surface area contributed by atoms with Crippen molar-refractivity contribution in [2.45, 2.75) is 51.5 Å². The van der Waals surface area contributed by atoms with Crippen molar-refractivity contribution in [1.29, 1.82) is 0 Å². The number of thiazole rings is 1. The van der Waals surface area contributed by atoms with E-state index in [0.717, 1.165) is 42.9 Å². The van der Waals surface area contributed by atoms with Crippen LogP contribution >= 0.6 is 11.3 Å². The number of carbonyl (C=O) groups is 1. The van der Waals surface area contributed by atoms with Crippen LogP contribution in [-0.2, 0) is 0 Å². The number of aromatic nitrogens is 2. The van der Waals surface area contributed by atoms with Crippen LogP contribution in [0.4, 0.5) is 0 Å². The number of nitrogens with zero attached hydrogens (tertiary/aromatic N) is 3. The van der Waals surface area contributed by atoms with E-state index >= 15 is 0 Å². The van der Waals surface area contributed by atoms with Gasteiger partial charge in [0.25, 0.3) is 5.91 Å². The number of amides is 1. The monoisotopic (exact) mass is 319 g/mol. The van der Waals surface area contributed by atoms with Crippen molar-refractivity contribution in [2.24, 2.45) is 0 Å². The first kappa shape index (κ1) is 15.2. The molecule has 0 aromatic carbocycles. The molecule has 0 saturated carbocycles. The summed E-state index contributed by atoms with van der Waals surface area (Å²) in [6, 6.07) is 1.86. The average Bonchev–Trinajstić information content (AvgIpc) is 3.25. The van der Waals surface area contributed by atoms with Gasteiger partial charge in [0.1, 0.15) is 5.01 Å². The highest BCUT2D eigenvalue weighted by Gasteiger charge is 2.32. The van der Waals surface area contributed by atoms with E-state index in [2.05, 4.69) is 24.0 Å². The number of hydrogen-bond donors (Lipinski definition) is 0. The first-order chi connectivity index (χ1) is 10.7. The number of carbonyl (C=O) groups excluding carboxylic acids is 1. The third kappa shape index (κ3) is 2.92. The van der Waals surface area contributed by atoms with Crippen LogP contribution < -0.4 is 0 Å². The molecule has 1 fully saturated rings. The molecule has 0 N–H and O–H groups in total. The van der Waals surface area contributed by atoms with Crippen LogP contribution in [0.5, 0.6) is 0 Å². The van der Waals surface area contributed by atoms with Crippen LogP contribution in [0.25, 0.3) is 0 Å². The molecule has 2 atom stereocenters. The molecule has 2 aromatic rings. The smallest absolute Gasteiger partial charge is 0.293 e. The van der Waals surface area contributed by atoms with Crippen molar-refractivity contribution < 1.29 is 9.32 Å². The highest BCUT2D eigenvalue weighted by molar-refractivity contribution is 7.09. The van der Waals surface area contributed by atoms with Gasteiger partial charge in [-0.15, -0.1) is 11.3 Å². The molecule has 6 heteroatoms. The van der Waals surface area contributed by atoms with Gasteiger partial charge in [-0.3, -0.25) is 4.79 Å². The molecule has 0 spiro atoms. The highest BCUT2D eigenvalue weighted by Crippen LogP contribution is 2.33. The Labute approximate surface area is 134 Å². The molecule has 0 unspecified atom stereocenters. The fourth-order valence-corrected chi connectivity index (χ4v) is 3.59. The molecule has 1 saturated heterocycles. The van der Waals surface area contributed by atoms with Crippen molar-refractivity contribution in [2.75, 3.05) is 6.54 Å². The maximum Gasteiger partial charge on any atom is 0.293 e. The summed E-state index contributed by atoms with van der Waals surface area (Å²) < 4.78 is 5.31. The second-order valence-corrected chi connectivity index (χ2v) is 6.73. The molecule has 2 aromatic heterocycles. The molecule has 5 nitrogen and oxygen atoms in total. The summed E-state index contributed by atoms with van der Waals surface area (Å²) in [6.45, 7) is 4.94. The zero-order valence-corrected chi connectivity index (χ0v) is 13.8. The number of hydrogen-bond acceptors (Lipinski definition) is 5. The van der Waals surface area contributed by atoms with Gasteiger partial charge in [-0.25, -0.2) is 4.98 Å². The van der Waals surface area contributed by atoms with E-state index in [4.69, 9.17) is 4.52 Å². The largest absolute Gasteiger partial charge is 0.351 e. The SMILES string of the molecule is CC[C@@H](C)c1cc(C(=O)N2CCCC[C@@H]2c2nccs2)on1. The molecule has 1 aliphatic rings. The number of piperidine rings is 1. The molecule has 3 heterocycles. The number of likely N-dealkylation sites (tertiary alicyclic amines) is 1. The normalized spacial score (nSPS) is 20.1. The standard InChI is InChI=1S/C16H21N3O2S/c1-3-11(2)12-10-14(21-18-12)16(20)19-8-5-4-6-13(19)15-17-7-9-22-15/h7,9-11,13H,3-6,8H2,1-2H3/t11-,13-/m1/s1. The molecule has 22 heavy (non-hydrogen) atoms. The maximum absolute atomic E-state index is 12.8. The number of rotatable bonds is 4. The molecule has 3 rings (SSSR count). The highest BCUT2D eigenvalue weighted by atomic mass is 32.1. The zero-order valence-electron chi connectivity index (χ0n) is 13.0. The first-order valence-electron chi connectivity index (χ1n) is 7.87. The summed E-state index contributed by atoms with van der Waals surface area (Å²) in [5.74, 6) is 0.585. The quantitative estimate of drug-likeness (QED) is 0.854. The van der Waals surface area contributed by atoms with Crippen molar-refractivity contribution in [3.05, 3.63) is 34.1 Å². The van der Waals surface area contributed by atoms with Crippen molar-refractivity contribution in [1.82, 2.24) is 15.0 Å². The van der Waals surface area contributed by atoms with Crippen LogP contribution in [0.2, 0.25) is 0 Å². The van der Waals surface area contributed by atoms with E-state index < -0.39 is 0 Å². The Balaban J connectivity index is 1.81. The molecule has 1 aliphatic heterocycles. The summed E-state index contributed by atoms with van der Waals surface area (Å²) in [6.07, 6.45) is 5.90. The molecule has 0 bridgehead atoms. The third-order valence-electron chi connectivity index (χ3n) is 4.36. The van der Waals surface area contributed by atoms with Crippen molar-refractivity contribution >= 4 is 17.2 Å². The lowest BCUT2D eigenvalue weighted by Gasteiger charge is -2.33. The van der Waals surface area contributed by atoms with Gasteiger partial charge in [0.2, 0.25) is 5.76 Å². The third-order valence-corrected chi connectivity index (χ3v) is 5.23. The fourth-order valence-electron chi connectivity index (χ4n) is 2.80. The van der Waals surface area contributed by atoms with Gasteiger partial charge >= 0.3 is 0 Å². The Bertz CT molecular complexity index is 623. The Hall–Kier alpha value is -1.69. The Kier molecular flexibility index (Phi) is 4.57. The van der Waals surface area contributed by atoms with Crippen LogP contribution in [0.1, 0.15) is 72.7 Å². The van der Waals surface area contributed by atoms with Crippen LogP contribution in [-0.4, -0.2) is 27.5 Å². The summed E-state index contributed by atoms with van der Waals surface area (Å²) in [5.41, 5.74) is 0.855. The Morgan fingerprint density at radius 1 is 1.55 bits per heavy atom. The van der Waals surface area contributed by atoms with Crippen molar-refractivity contribution in [3.63, 3.8) is 0 Å². The second kappa shape index (κ2) is 6.60. The Morgan fingerprint density at radius 3 is 3.14 bits per heavy atom.